The number of tetrazole rings is 1. The zero-order chi connectivity index (χ0) is 18.7. The summed E-state index contributed by atoms with van der Waals surface area (Å²) < 4.78 is 38.7. The molecule has 0 radical (unpaired) electrons. The number of halogens is 2. The second kappa shape index (κ2) is 7.15. The number of carbonyl (C=O) groups is 1. The van der Waals surface area contributed by atoms with Crippen LogP contribution in [-0.4, -0.2) is 34.5 Å². The fourth-order valence-corrected chi connectivity index (χ4v) is 3.04. The lowest BCUT2D eigenvalue weighted by molar-refractivity contribution is 0.0945. The maximum Gasteiger partial charge on any atom is 0.266 e. The Morgan fingerprint density at radius 3 is 2.50 bits per heavy atom. The van der Waals surface area contributed by atoms with Crippen LogP contribution in [0.25, 0.3) is 5.69 Å². The van der Waals surface area contributed by atoms with Crippen molar-refractivity contribution >= 4 is 27.5 Å². The average Bonchev–Trinajstić information content (AvgIpc) is 3.17. The maximum atomic E-state index is 13.1. The molecule has 9 nitrogen and oxygen atoms in total. The number of benzene rings is 2. The molecule has 0 unspecified atom stereocenters. The minimum absolute atomic E-state index is 0.196. The van der Waals surface area contributed by atoms with E-state index in [9.17, 15) is 17.6 Å². The van der Waals surface area contributed by atoms with E-state index in [4.69, 9.17) is 11.6 Å². The summed E-state index contributed by atoms with van der Waals surface area (Å²) in [4.78, 5) is 13.7. The Hall–Kier alpha value is -2.89. The summed E-state index contributed by atoms with van der Waals surface area (Å²) in [5, 5.41) is 10.3. The average molecular weight is 397 g/mol. The number of nitrogens with zero attached hydrogens (tertiary/aromatic N) is 4. The van der Waals surface area contributed by atoms with Crippen LogP contribution in [0.4, 0.5) is 4.39 Å². The lowest BCUT2D eigenvalue weighted by Gasteiger charge is -2.09. The minimum atomic E-state index is -4.11. The van der Waals surface area contributed by atoms with Gasteiger partial charge in [-0.2, -0.15) is 0 Å². The number of sulfonamides is 1. The Morgan fingerprint density at radius 1 is 1.15 bits per heavy atom. The van der Waals surface area contributed by atoms with Crippen LogP contribution < -0.4 is 10.3 Å². The Labute approximate surface area is 151 Å². The molecule has 1 aromatic heterocycles. The van der Waals surface area contributed by atoms with Gasteiger partial charge in [0.05, 0.1) is 15.6 Å². The molecule has 3 rings (SSSR count). The molecule has 0 bridgehead atoms. The number of hydrogen-bond donors (Lipinski definition) is 2. The van der Waals surface area contributed by atoms with E-state index in [2.05, 4.69) is 21.0 Å². The highest BCUT2D eigenvalue weighted by molar-refractivity contribution is 7.89. The molecule has 0 aliphatic heterocycles. The molecule has 0 fully saturated rings. The third kappa shape index (κ3) is 3.85. The van der Waals surface area contributed by atoms with Gasteiger partial charge in [-0.05, 0) is 52.9 Å². The van der Waals surface area contributed by atoms with Gasteiger partial charge in [-0.25, -0.2) is 17.5 Å². The smallest absolute Gasteiger partial charge is 0.266 e. The van der Waals surface area contributed by atoms with Crippen molar-refractivity contribution in [2.75, 3.05) is 0 Å². The summed E-state index contributed by atoms with van der Waals surface area (Å²) in [6.07, 6.45) is 1.39. The second-order valence-electron chi connectivity index (χ2n) is 4.94. The lowest BCUT2D eigenvalue weighted by Crippen LogP contribution is -2.41. The van der Waals surface area contributed by atoms with Gasteiger partial charge in [-0.3, -0.25) is 10.2 Å². The summed E-state index contributed by atoms with van der Waals surface area (Å²) in [7, 11) is -4.11. The number of hydrogen-bond acceptors (Lipinski definition) is 6. The highest BCUT2D eigenvalue weighted by Gasteiger charge is 2.17. The molecule has 12 heteroatoms. The highest BCUT2D eigenvalue weighted by atomic mass is 35.5. The number of amides is 1. The number of rotatable bonds is 5. The Bertz CT molecular complexity index is 1040. The zero-order valence-corrected chi connectivity index (χ0v) is 14.4. The standard InChI is InChI=1S/C14H10ClFN6O3S/c15-12-7-11(5-6-13(12)16)26(24,25)21-18-14(23)9-1-3-10(4-2-9)22-8-17-19-20-22/h1-8,21H,(H,18,23). The number of aromatic nitrogens is 4. The van der Waals surface area contributed by atoms with Crippen molar-refractivity contribution in [2.24, 2.45) is 0 Å². The van der Waals surface area contributed by atoms with E-state index in [1.807, 2.05) is 4.83 Å². The molecule has 134 valence electrons. The molecule has 0 aliphatic rings. The van der Waals surface area contributed by atoms with Crippen molar-refractivity contribution in [1.82, 2.24) is 30.5 Å². The molecule has 3 aromatic rings. The molecule has 0 saturated carbocycles. The monoisotopic (exact) mass is 396 g/mol. The molecule has 2 N–H and O–H groups in total. The molecular weight excluding hydrogens is 387 g/mol. The van der Waals surface area contributed by atoms with Gasteiger partial charge in [-0.1, -0.05) is 11.6 Å². The Morgan fingerprint density at radius 2 is 1.88 bits per heavy atom. The van der Waals surface area contributed by atoms with Crippen LogP contribution in [0.5, 0.6) is 0 Å². The van der Waals surface area contributed by atoms with Crippen LogP contribution in [-0.2, 0) is 10.0 Å². The van der Waals surface area contributed by atoms with Gasteiger partial charge in [0.2, 0.25) is 0 Å². The molecule has 0 spiro atoms. The van der Waals surface area contributed by atoms with E-state index < -0.39 is 21.7 Å². The summed E-state index contributed by atoms with van der Waals surface area (Å²) in [5.41, 5.74) is 2.88. The zero-order valence-electron chi connectivity index (χ0n) is 12.8. The molecule has 2 aromatic carbocycles. The van der Waals surface area contributed by atoms with Crippen LogP contribution in [0, 0.1) is 5.82 Å². The fourth-order valence-electron chi connectivity index (χ4n) is 1.93. The van der Waals surface area contributed by atoms with E-state index in [0.717, 1.165) is 18.2 Å². The normalized spacial score (nSPS) is 11.3. The number of nitrogens with one attached hydrogen (secondary N) is 2. The molecule has 26 heavy (non-hydrogen) atoms. The predicted octanol–water partition coefficient (Wildman–Crippen LogP) is 1.08. The molecule has 1 amide bonds. The lowest BCUT2D eigenvalue weighted by atomic mass is 10.2. The van der Waals surface area contributed by atoms with Crippen LogP contribution in [0.1, 0.15) is 10.4 Å². The number of carbonyl (C=O) groups excluding carboxylic acids is 1. The molecule has 0 atom stereocenters. The maximum absolute atomic E-state index is 13.1. The van der Waals surface area contributed by atoms with Gasteiger partial charge in [0.15, 0.2) is 0 Å². The fraction of sp³-hybridized carbons (Fsp3) is 0. The Balaban J connectivity index is 1.69. The van der Waals surface area contributed by atoms with Gasteiger partial charge in [0.25, 0.3) is 15.9 Å². The second-order valence-corrected chi connectivity index (χ2v) is 7.03. The first-order chi connectivity index (χ1) is 12.4. The van der Waals surface area contributed by atoms with Crippen LogP contribution in [0.2, 0.25) is 5.02 Å². The van der Waals surface area contributed by atoms with E-state index in [0.29, 0.717) is 5.69 Å². The van der Waals surface area contributed by atoms with Crippen molar-refractivity contribution in [3.8, 4) is 5.69 Å². The van der Waals surface area contributed by atoms with Crippen LogP contribution >= 0.6 is 11.6 Å². The molecule has 1 heterocycles. The van der Waals surface area contributed by atoms with Crippen molar-refractivity contribution < 1.29 is 17.6 Å². The van der Waals surface area contributed by atoms with Crippen molar-refractivity contribution in [1.29, 1.82) is 0 Å². The Kier molecular flexibility index (Phi) is 4.93. The van der Waals surface area contributed by atoms with Crippen molar-refractivity contribution in [2.45, 2.75) is 4.90 Å². The SMILES string of the molecule is O=C(NNS(=O)(=O)c1ccc(F)c(Cl)c1)c1ccc(-n2cnnn2)cc1. The van der Waals surface area contributed by atoms with Gasteiger partial charge in [0.1, 0.15) is 12.1 Å². The summed E-state index contributed by atoms with van der Waals surface area (Å²) in [6, 6.07) is 8.98. The van der Waals surface area contributed by atoms with Gasteiger partial charge in [0, 0.05) is 5.56 Å². The van der Waals surface area contributed by atoms with E-state index in [-0.39, 0.29) is 15.5 Å². The first kappa shape index (κ1) is 17.9. The van der Waals surface area contributed by atoms with Gasteiger partial charge < -0.3 is 0 Å². The van der Waals surface area contributed by atoms with E-state index in [1.54, 1.807) is 12.1 Å². The largest absolute Gasteiger partial charge is 0.273 e. The van der Waals surface area contributed by atoms with Gasteiger partial charge >= 0.3 is 0 Å². The van der Waals surface area contributed by atoms with Crippen LogP contribution in [0.15, 0.2) is 53.7 Å². The third-order valence-electron chi connectivity index (χ3n) is 3.24. The topological polar surface area (TPSA) is 119 Å². The van der Waals surface area contributed by atoms with Crippen molar-refractivity contribution in [3.63, 3.8) is 0 Å². The van der Waals surface area contributed by atoms with Gasteiger partial charge in [-0.15, -0.1) is 9.93 Å². The first-order valence-electron chi connectivity index (χ1n) is 6.97. The van der Waals surface area contributed by atoms with E-state index in [1.165, 1.54) is 23.1 Å². The summed E-state index contributed by atoms with van der Waals surface area (Å²) >= 11 is 5.57. The number of hydrazine groups is 1. The first-order valence-corrected chi connectivity index (χ1v) is 8.83. The van der Waals surface area contributed by atoms with Crippen molar-refractivity contribution in [3.05, 3.63) is 65.2 Å². The van der Waals surface area contributed by atoms with Crippen LogP contribution in [0.3, 0.4) is 0 Å². The highest BCUT2D eigenvalue weighted by Crippen LogP contribution is 2.19. The van der Waals surface area contributed by atoms with E-state index >= 15 is 0 Å². The molecule has 0 saturated heterocycles. The summed E-state index contributed by atoms with van der Waals surface area (Å²) in [5.74, 6) is -1.44. The minimum Gasteiger partial charge on any atom is -0.273 e. The third-order valence-corrected chi connectivity index (χ3v) is 4.78. The predicted molar refractivity (Wildman–Crippen MR) is 88.4 cm³/mol. The summed E-state index contributed by atoms with van der Waals surface area (Å²) in [6.45, 7) is 0. The quantitative estimate of drug-likeness (QED) is 0.623. The molecular formula is C14H10ClFN6O3S. The molecule has 0 aliphatic carbocycles.